The molecule has 5 nitrogen and oxygen atoms in total. The highest BCUT2D eigenvalue weighted by Gasteiger charge is 2.58. The molecule has 1 saturated heterocycles. The molecule has 1 aliphatic carbocycles. The second kappa shape index (κ2) is 6.00. The fourth-order valence-corrected chi connectivity index (χ4v) is 4.05. The zero-order valence-electron chi connectivity index (χ0n) is 13.8. The average molecular weight is 356 g/mol. The number of carbonyl (C=O) groups is 2. The largest absolute Gasteiger partial charge is 0.478 e. The number of aryl methyl sites for hydroxylation is 1. The summed E-state index contributed by atoms with van der Waals surface area (Å²) in [6.07, 6.45) is -2.63. The number of hydrogen-bond acceptors (Lipinski definition) is 3. The zero-order valence-corrected chi connectivity index (χ0v) is 13.8. The van der Waals surface area contributed by atoms with Gasteiger partial charge in [-0.1, -0.05) is 6.42 Å². The molecule has 1 aromatic rings. The molecule has 136 valence electrons. The first-order valence-corrected chi connectivity index (χ1v) is 8.21. The van der Waals surface area contributed by atoms with Crippen LogP contribution in [-0.4, -0.2) is 46.1 Å². The summed E-state index contributed by atoms with van der Waals surface area (Å²) in [4.78, 5) is 29.1. The average Bonchev–Trinajstić information content (AvgIpc) is 2.50. The molecular formula is C17H19F3N2O3. The smallest absolute Gasteiger partial charge is 0.392 e. The molecule has 1 amide bonds. The molecule has 0 radical (unpaired) electrons. The van der Waals surface area contributed by atoms with Gasteiger partial charge in [-0.05, 0) is 43.7 Å². The van der Waals surface area contributed by atoms with E-state index in [-0.39, 0.29) is 36.5 Å². The lowest BCUT2D eigenvalue weighted by Crippen LogP contribution is -2.57. The number of aromatic carboxylic acids is 1. The quantitative estimate of drug-likeness (QED) is 0.883. The van der Waals surface area contributed by atoms with Crippen molar-refractivity contribution in [2.24, 2.45) is 11.3 Å². The Balaban J connectivity index is 1.80. The minimum atomic E-state index is -4.24. The molecule has 2 heterocycles. The van der Waals surface area contributed by atoms with E-state index in [1.165, 1.54) is 24.0 Å². The molecular weight excluding hydrogens is 337 g/mol. The monoisotopic (exact) mass is 356 g/mol. The highest BCUT2D eigenvalue weighted by molar-refractivity contribution is 5.94. The van der Waals surface area contributed by atoms with Crippen LogP contribution >= 0.6 is 0 Å². The Morgan fingerprint density at radius 1 is 1.32 bits per heavy atom. The summed E-state index contributed by atoms with van der Waals surface area (Å²) in [7, 11) is 0. The number of carboxylic acids is 1. The first-order chi connectivity index (χ1) is 11.6. The van der Waals surface area contributed by atoms with Crippen molar-refractivity contribution in [3.63, 3.8) is 0 Å². The van der Waals surface area contributed by atoms with Crippen LogP contribution in [0.2, 0.25) is 0 Å². The van der Waals surface area contributed by atoms with Crippen LogP contribution in [0.1, 0.15) is 52.2 Å². The van der Waals surface area contributed by atoms with Gasteiger partial charge in [0, 0.05) is 13.1 Å². The number of halogens is 3. The lowest BCUT2D eigenvalue weighted by molar-refractivity contribution is -0.235. The van der Waals surface area contributed by atoms with Crippen molar-refractivity contribution in [1.82, 2.24) is 9.88 Å². The van der Waals surface area contributed by atoms with Gasteiger partial charge in [-0.25, -0.2) is 9.78 Å². The minimum Gasteiger partial charge on any atom is -0.478 e. The van der Waals surface area contributed by atoms with E-state index in [1.807, 2.05) is 0 Å². The number of rotatable bonds is 2. The molecule has 1 spiro atoms. The Labute approximate surface area is 142 Å². The second-order valence-electron chi connectivity index (χ2n) is 6.96. The second-order valence-corrected chi connectivity index (χ2v) is 6.96. The van der Waals surface area contributed by atoms with Crippen LogP contribution < -0.4 is 0 Å². The SMILES string of the molecule is Cc1nc(C(=O)N2CCC(C(F)(F)F)C3(CCC3)C2)ccc1C(=O)O. The fourth-order valence-electron chi connectivity index (χ4n) is 4.05. The summed E-state index contributed by atoms with van der Waals surface area (Å²) in [6, 6.07) is 2.63. The van der Waals surface area contributed by atoms with E-state index < -0.39 is 29.4 Å². The standard InChI is InChI=1S/C17H19F3N2O3/c1-10-11(15(24)25)3-4-12(21-10)14(23)22-8-5-13(17(18,19)20)16(9-22)6-2-7-16/h3-4,13H,2,5-9H2,1H3,(H,24,25). The predicted molar refractivity (Wildman–Crippen MR) is 82.3 cm³/mol. The number of amides is 1. The van der Waals surface area contributed by atoms with E-state index >= 15 is 0 Å². The van der Waals surface area contributed by atoms with Crippen LogP contribution in [0, 0.1) is 18.3 Å². The zero-order chi connectivity index (χ0) is 18.4. The number of aromatic nitrogens is 1. The number of pyridine rings is 1. The number of likely N-dealkylation sites (tertiary alicyclic amines) is 1. The Hall–Kier alpha value is -2.12. The van der Waals surface area contributed by atoms with Gasteiger partial charge >= 0.3 is 12.1 Å². The molecule has 3 rings (SSSR count). The van der Waals surface area contributed by atoms with E-state index in [0.29, 0.717) is 12.8 Å². The topological polar surface area (TPSA) is 70.5 Å². The third-order valence-electron chi connectivity index (χ3n) is 5.50. The Morgan fingerprint density at radius 3 is 2.48 bits per heavy atom. The van der Waals surface area contributed by atoms with E-state index in [1.54, 1.807) is 0 Å². The molecule has 1 unspecified atom stereocenters. The van der Waals surface area contributed by atoms with Gasteiger partial charge in [0.2, 0.25) is 0 Å². The molecule has 0 bridgehead atoms. The van der Waals surface area contributed by atoms with E-state index in [0.717, 1.165) is 6.42 Å². The van der Waals surface area contributed by atoms with Crippen LogP contribution in [0.5, 0.6) is 0 Å². The molecule has 1 N–H and O–H groups in total. The summed E-state index contributed by atoms with van der Waals surface area (Å²) in [5.74, 6) is -2.93. The van der Waals surface area contributed by atoms with Gasteiger partial charge in [0.25, 0.3) is 5.91 Å². The van der Waals surface area contributed by atoms with Crippen molar-refractivity contribution in [1.29, 1.82) is 0 Å². The van der Waals surface area contributed by atoms with Gasteiger partial charge in [0.1, 0.15) is 5.69 Å². The molecule has 1 saturated carbocycles. The van der Waals surface area contributed by atoms with Crippen LogP contribution in [0.15, 0.2) is 12.1 Å². The van der Waals surface area contributed by atoms with Gasteiger partial charge < -0.3 is 10.0 Å². The van der Waals surface area contributed by atoms with Gasteiger partial charge in [-0.2, -0.15) is 13.2 Å². The maximum absolute atomic E-state index is 13.3. The molecule has 25 heavy (non-hydrogen) atoms. The Morgan fingerprint density at radius 2 is 2.00 bits per heavy atom. The normalized spacial score (nSPS) is 22.6. The minimum absolute atomic E-state index is 0.00259. The van der Waals surface area contributed by atoms with Crippen molar-refractivity contribution >= 4 is 11.9 Å². The maximum Gasteiger partial charge on any atom is 0.392 e. The summed E-state index contributed by atoms with van der Waals surface area (Å²) >= 11 is 0. The third kappa shape index (κ3) is 3.09. The Kier molecular flexibility index (Phi) is 4.25. The van der Waals surface area contributed by atoms with Crippen molar-refractivity contribution in [3.05, 3.63) is 29.1 Å². The highest BCUT2D eigenvalue weighted by atomic mass is 19.4. The number of piperidine rings is 1. The Bertz CT molecular complexity index is 714. The first kappa shape index (κ1) is 17.7. The number of hydrogen-bond donors (Lipinski definition) is 1. The van der Waals surface area contributed by atoms with Crippen LogP contribution in [0.3, 0.4) is 0 Å². The van der Waals surface area contributed by atoms with E-state index in [9.17, 15) is 22.8 Å². The molecule has 1 aromatic heterocycles. The van der Waals surface area contributed by atoms with Crippen LogP contribution in [0.4, 0.5) is 13.2 Å². The lowest BCUT2D eigenvalue weighted by atomic mass is 9.58. The van der Waals surface area contributed by atoms with Gasteiger partial charge in [-0.3, -0.25) is 4.79 Å². The van der Waals surface area contributed by atoms with Gasteiger partial charge in [0.05, 0.1) is 17.2 Å². The summed E-state index contributed by atoms with van der Waals surface area (Å²) in [6.45, 7) is 1.60. The number of carbonyl (C=O) groups excluding carboxylic acids is 1. The predicted octanol–water partition coefficient (Wildman–Crippen LogP) is 3.28. The summed E-state index contributed by atoms with van der Waals surface area (Å²) in [5.41, 5.74) is -0.588. The highest BCUT2D eigenvalue weighted by Crippen LogP contribution is 2.56. The summed E-state index contributed by atoms with van der Waals surface area (Å²) < 4.78 is 39.9. The third-order valence-corrected chi connectivity index (χ3v) is 5.50. The molecule has 8 heteroatoms. The molecule has 1 aliphatic heterocycles. The van der Waals surface area contributed by atoms with Gasteiger partial charge in [-0.15, -0.1) is 0 Å². The van der Waals surface area contributed by atoms with E-state index in [4.69, 9.17) is 5.11 Å². The molecule has 0 aromatic carbocycles. The van der Waals surface area contributed by atoms with Crippen molar-refractivity contribution in [2.75, 3.05) is 13.1 Å². The van der Waals surface area contributed by atoms with Crippen LogP contribution in [-0.2, 0) is 0 Å². The molecule has 2 aliphatic rings. The van der Waals surface area contributed by atoms with Crippen molar-refractivity contribution in [3.8, 4) is 0 Å². The molecule has 1 atom stereocenters. The maximum atomic E-state index is 13.3. The van der Waals surface area contributed by atoms with Crippen molar-refractivity contribution in [2.45, 2.75) is 38.8 Å². The van der Waals surface area contributed by atoms with E-state index in [2.05, 4.69) is 4.98 Å². The van der Waals surface area contributed by atoms with Gasteiger partial charge in [0.15, 0.2) is 0 Å². The van der Waals surface area contributed by atoms with Crippen molar-refractivity contribution < 1.29 is 27.9 Å². The molecule has 2 fully saturated rings. The van der Waals surface area contributed by atoms with Crippen LogP contribution in [0.25, 0.3) is 0 Å². The number of nitrogens with zero attached hydrogens (tertiary/aromatic N) is 2. The fraction of sp³-hybridized carbons (Fsp3) is 0.588. The number of alkyl halides is 3. The number of carboxylic acid groups (broad SMARTS) is 1. The first-order valence-electron chi connectivity index (χ1n) is 8.21. The summed E-state index contributed by atoms with van der Waals surface area (Å²) in [5, 5.41) is 9.02. The lowest BCUT2D eigenvalue weighted by Gasteiger charge is -2.54.